The average molecular weight is 378 g/mol. The first-order valence-corrected chi connectivity index (χ1v) is 9.67. The van der Waals surface area contributed by atoms with E-state index in [0.29, 0.717) is 19.0 Å². The summed E-state index contributed by atoms with van der Waals surface area (Å²) in [7, 11) is 3.30. The summed E-state index contributed by atoms with van der Waals surface area (Å²) in [5.41, 5.74) is 4.20. The molecule has 1 aromatic heterocycles. The van der Waals surface area contributed by atoms with Gasteiger partial charge in [0.2, 0.25) is 5.91 Å². The summed E-state index contributed by atoms with van der Waals surface area (Å²) in [6.07, 6.45) is 2.52. The van der Waals surface area contributed by atoms with Gasteiger partial charge in [0.05, 0.1) is 20.6 Å². The van der Waals surface area contributed by atoms with Crippen molar-refractivity contribution in [3.63, 3.8) is 0 Å². The lowest BCUT2D eigenvalue weighted by Crippen LogP contribution is -2.34. The number of ether oxygens (including phenoxy) is 2. The molecule has 0 bridgehead atoms. The first-order chi connectivity index (χ1) is 13.6. The van der Waals surface area contributed by atoms with E-state index >= 15 is 0 Å². The van der Waals surface area contributed by atoms with E-state index < -0.39 is 0 Å². The Morgan fingerprint density at radius 1 is 1.14 bits per heavy atom. The number of rotatable bonds is 7. The van der Waals surface area contributed by atoms with Crippen molar-refractivity contribution in [3.8, 4) is 11.5 Å². The molecule has 1 heterocycles. The lowest BCUT2D eigenvalue weighted by atomic mass is 10.1. The summed E-state index contributed by atoms with van der Waals surface area (Å²) < 4.78 is 10.9. The topological polar surface area (TPSA) is 54.6 Å². The van der Waals surface area contributed by atoms with Gasteiger partial charge in [-0.25, -0.2) is 0 Å². The van der Waals surface area contributed by atoms with Crippen LogP contribution in [0.4, 0.5) is 0 Å². The van der Waals surface area contributed by atoms with Crippen molar-refractivity contribution in [2.24, 2.45) is 0 Å². The molecule has 3 aromatic rings. The molecule has 1 fully saturated rings. The molecule has 1 aliphatic rings. The van der Waals surface area contributed by atoms with E-state index in [9.17, 15) is 4.79 Å². The van der Waals surface area contributed by atoms with Crippen LogP contribution in [0.3, 0.4) is 0 Å². The third-order valence-corrected chi connectivity index (χ3v) is 5.49. The molecule has 0 aliphatic heterocycles. The molecule has 0 unspecified atom stereocenters. The van der Waals surface area contributed by atoms with E-state index in [1.54, 1.807) is 14.2 Å². The van der Waals surface area contributed by atoms with E-state index in [-0.39, 0.29) is 5.91 Å². The van der Waals surface area contributed by atoms with Crippen molar-refractivity contribution in [1.82, 2.24) is 9.88 Å². The molecule has 5 heteroatoms. The summed E-state index contributed by atoms with van der Waals surface area (Å²) in [6, 6.07) is 14.2. The van der Waals surface area contributed by atoms with Gasteiger partial charge in [0, 0.05) is 34.7 Å². The van der Waals surface area contributed by atoms with Crippen LogP contribution >= 0.6 is 0 Å². The van der Waals surface area contributed by atoms with Gasteiger partial charge >= 0.3 is 0 Å². The van der Waals surface area contributed by atoms with Crippen LogP contribution in [0.25, 0.3) is 10.9 Å². The zero-order valence-corrected chi connectivity index (χ0v) is 16.6. The van der Waals surface area contributed by atoms with Gasteiger partial charge in [0.25, 0.3) is 0 Å². The summed E-state index contributed by atoms with van der Waals surface area (Å²) in [4.78, 5) is 18.7. The monoisotopic (exact) mass is 378 g/mol. The Morgan fingerprint density at radius 3 is 2.64 bits per heavy atom. The SMILES string of the molecule is COc1ccc(OC)c(CN(C(=O)Cc2c(C)[nH]c3ccccc23)C2CC2)c1. The van der Waals surface area contributed by atoms with Crippen molar-refractivity contribution in [3.05, 3.63) is 59.3 Å². The van der Waals surface area contributed by atoms with Crippen LogP contribution in [0.2, 0.25) is 0 Å². The zero-order chi connectivity index (χ0) is 19.7. The molecule has 5 nitrogen and oxygen atoms in total. The van der Waals surface area contributed by atoms with E-state index in [1.165, 1.54) is 0 Å². The number of amides is 1. The molecule has 1 N–H and O–H groups in total. The lowest BCUT2D eigenvalue weighted by molar-refractivity contribution is -0.131. The highest BCUT2D eigenvalue weighted by Crippen LogP contribution is 2.33. The lowest BCUT2D eigenvalue weighted by Gasteiger charge is -2.24. The normalized spacial score (nSPS) is 13.5. The molecule has 2 aromatic carbocycles. The molecule has 146 valence electrons. The molecular formula is C23H26N2O3. The van der Waals surface area contributed by atoms with Crippen LogP contribution in [0.5, 0.6) is 11.5 Å². The fourth-order valence-corrected chi connectivity index (χ4v) is 3.81. The number of methoxy groups -OCH3 is 2. The van der Waals surface area contributed by atoms with Gasteiger partial charge in [-0.05, 0) is 49.6 Å². The van der Waals surface area contributed by atoms with Gasteiger partial charge in [0.1, 0.15) is 11.5 Å². The maximum Gasteiger partial charge on any atom is 0.227 e. The second-order valence-electron chi connectivity index (χ2n) is 7.38. The van der Waals surface area contributed by atoms with Crippen LogP contribution in [-0.2, 0) is 17.8 Å². The molecule has 4 rings (SSSR count). The van der Waals surface area contributed by atoms with E-state index in [4.69, 9.17) is 9.47 Å². The zero-order valence-electron chi connectivity index (χ0n) is 16.6. The Bertz CT molecular complexity index is 1000. The molecule has 1 aliphatic carbocycles. The minimum absolute atomic E-state index is 0.153. The molecule has 0 saturated heterocycles. The third kappa shape index (κ3) is 3.57. The predicted molar refractivity (Wildman–Crippen MR) is 110 cm³/mol. The van der Waals surface area contributed by atoms with Crippen molar-refractivity contribution in [2.45, 2.75) is 38.8 Å². The number of carbonyl (C=O) groups excluding carboxylic acids is 1. The third-order valence-electron chi connectivity index (χ3n) is 5.49. The quantitative estimate of drug-likeness (QED) is 0.669. The molecule has 0 atom stereocenters. The van der Waals surface area contributed by atoms with Gasteiger partial charge in [-0.15, -0.1) is 0 Å². The molecule has 28 heavy (non-hydrogen) atoms. The number of benzene rings is 2. The molecule has 0 radical (unpaired) electrons. The fourth-order valence-electron chi connectivity index (χ4n) is 3.81. The molecule has 0 spiro atoms. The number of carbonyl (C=O) groups is 1. The van der Waals surface area contributed by atoms with Crippen LogP contribution in [0.1, 0.15) is 29.7 Å². The van der Waals surface area contributed by atoms with Crippen molar-refractivity contribution < 1.29 is 14.3 Å². The first-order valence-electron chi connectivity index (χ1n) is 9.67. The highest BCUT2D eigenvalue weighted by molar-refractivity contribution is 5.90. The Morgan fingerprint density at radius 2 is 1.93 bits per heavy atom. The Balaban J connectivity index is 1.60. The number of para-hydroxylation sites is 1. The minimum Gasteiger partial charge on any atom is -0.497 e. The number of aromatic nitrogens is 1. The van der Waals surface area contributed by atoms with E-state index in [2.05, 4.69) is 17.1 Å². The van der Waals surface area contributed by atoms with Crippen LogP contribution in [0.15, 0.2) is 42.5 Å². The fraction of sp³-hybridized carbons (Fsp3) is 0.348. The van der Waals surface area contributed by atoms with Gasteiger partial charge < -0.3 is 19.4 Å². The largest absolute Gasteiger partial charge is 0.497 e. The first kappa shape index (κ1) is 18.4. The number of hydrogen-bond acceptors (Lipinski definition) is 3. The number of fused-ring (bicyclic) bond motifs is 1. The summed E-state index contributed by atoms with van der Waals surface area (Å²) in [5.74, 6) is 1.70. The maximum absolute atomic E-state index is 13.3. The number of H-pyrrole nitrogens is 1. The molecule has 1 amide bonds. The van der Waals surface area contributed by atoms with Crippen LogP contribution in [0, 0.1) is 6.92 Å². The Hall–Kier alpha value is -2.95. The van der Waals surface area contributed by atoms with E-state index in [0.717, 1.165) is 52.1 Å². The number of hydrogen-bond donors (Lipinski definition) is 1. The van der Waals surface area contributed by atoms with Crippen molar-refractivity contribution in [1.29, 1.82) is 0 Å². The van der Waals surface area contributed by atoms with Crippen LogP contribution in [-0.4, -0.2) is 36.1 Å². The smallest absolute Gasteiger partial charge is 0.227 e. The Labute approximate surface area is 165 Å². The standard InChI is InChI=1S/C23H26N2O3/c1-15-20(19-6-4-5-7-21(19)24-15)13-23(26)25(17-8-9-17)14-16-12-18(27-2)10-11-22(16)28-3/h4-7,10-12,17,24H,8-9,13-14H2,1-3H3. The Kier molecular flexibility index (Phi) is 4.99. The average Bonchev–Trinajstić information content (AvgIpc) is 3.50. The second-order valence-corrected chi connectivity index (χ2v) is 7.38. The summed E-state index contributed by atoms with van der Waals surface area (Å²) in [5, 5.41) is 1.13. The number of nitrogens with zero attached hydrogens (tertiary/aromatic N) is 1. The van der Waals surface area contributed by atoms with Crippen molar-refractivity contribution >= 4 is 16.8 Å². The maximum atomic E-state index is 13.3. The number of nitrogens with one attached hydrogen (secondary N) is 1. The van der Waals surface area contributed by atoms with E-state index in [1.807, 2.05) is 42.2 Å². The highest BCUT2D eigenvalue weighted by atomic mass is 16.5. The molecule has 1 saturated carbocycles. The minimum atomic E-state index is 0.153. The number of aromatic amines is 1. The van der Waals surface area contributed by atoms with Gasteiger partial charge in [-0.2, -0.15) is 0 Å². The van der Waals surface area contributed by atoms with Gasteiger partial charge in [-0.3, -0.25) is 4.79 Å². The van der Waals surface area contributed by atoms with Gasteiger partial charge in [0.15, 0.2) is 0 Å². The predicted octanol–water partition coefficient (Wildman–Crippen LogP) is 4.23. The van der Waals surface area contributed by atoms with Crippen molar-refractivity contribution in [2.75, 3.05) is 14.2 Å². The van der Waals surface area contributed by atoms with Crippen LogP contribution < -0.4 is 9.47 Å². The number of aryl methyl sites for hydroxylation is 1. The van der Waals surface area contributed by atoms with Gasteiger partial charge in [-0.1, -0.05) is 18.2 Å². The second kappa shape index (κ2) is 7.58. The highest BCUT2D eigenvalue weighted by Gasteiger charge is 2.33. The molecular weight excluding hydrogens is 352 g/mol. The summed E-state index contributed by atoms with van der Waals surface area (Å²) >= 11 is 0. The summed E-state index contributed by atoms with van der Waals surface area (Å²) in [6.45, 7) is 2.57.